The number of hydrogen-bond donors (Lipinski definition) is 2. The molecular formula is C16H13ClN2O. The summed E-state index contributed by atoms with van der Waals surface area (Å²) < 4.78 is 0. The van der Waals surface area contributed by atoms with E-state index in [1.54, 1.807) is 6.20 Å². The Bertz CT molecular complexity index is 747. The number of para-hydroxylation sites is 1. The van der Waals surface area contributed by atoms with Gasteiger partial charge in [0, 0.05) is 28.7 Å². The van der Waals surface area contributed by atoms with Crippen molar-refractivity contribution in [3.8, 4) is 0 Å². The number of aromatic nitrogens is 1. The normalized spacial score (nSPS) is 10.7. The smallest absolute Gasteiger partial charge is 0.253 e. The summed E-state index contributed by atoms with van der Waals surface area (Å²) in [4.78, 5) is 15.3. The van der Waals surface area contributed by atoms with E-state index in [1.807, 2.05) is 48.5 Å². The van der Waals surface area contributed by atoms with E-state index in [0.29, 0.717) is 17.1 Å². The van der Waals surface area contributed by atoms with Gasteiger partial charge in [0.2, 0.25) is 0 Å². The molecule has 3 aromatic rings. The quantitative estimate of drug-likeness (QED) is 0.756. The SMILES string of the molecule is O=C(NCc1ccc(Cl)cc1)c1c[nH]c2ccccc12. The van der Waals surface area contributed by atoms with Crippen molar-refractivity contribution in [3.05, 3.63) is 70.9 Å². The number of hydrogen-bond acceptors (Lipinski definition) is 1. The maximum atomic E-state index is 12.2. The number of nitrogens with one attached hydrogen (secondary N) is 2. The Kier molecular flexibility index (Phi) is 3.44. The molecule has 20 heavy (non-hydrogen) atoms. The average molecular weight is 285 g/mol. The van der Waals surface area contributed by atoms with E-state index in [-0.39, 0.29) is 5.91 Å². The van der Waals surface area contributed by atoms with Crippen LogP contribution in [0.4, 0.5) is 0 Å². The minimum absolute atomic E-state index is 0.0857. The maximum absolute atomic E-state index is 12.2. The van der Waals surface area contributed by atoms with E-state index in [1.165, 1.54) is 0 Å². The zero-order valence-corrected chi connectivity index (χ0v) is 11.4. The van der Waals surface area contributed by atoms with Crippen molar-refractivity contribution in [1.29, 1.82) is 0 Å². The lowest BCUT2D eigenvalue weighted by Gasteiger charge is -2.04. The zero-order chi connectivity index (χ0) is 13.9. The molecule has 2 aromatic carbocycles. The molecule has 0 fully saturated rings. The molecule has 3 nitrogen and oxygen atoms in total. The van der Waals surface area contributed by atoms with E-state index in [4.69, 9.17) is 11.6 Å². The van der Waals surface area contributed by atoms with Gasteiger partial charge in [-0.1, -0.05) is 41.9 Å². The summed E-state index contributed by atoms with van der Waals surface area (Å²) in [6, 6.07) is 15.2. The van der Waals surface area contributed by atoms with E-state index >= 15 is 0 Å². The number of rotatable bonds is 3. The standard InChI is InChI=1S/C16H13ClN2O/c17-12-7-5-11(6-8-12)9-19-16(20)14-10-18-15-4-2-1-3-13(14)15/h1-8,10,18H,9H2,(H,19,20). The fraction of sp³-hybridized carbons (Fsp3) is 0.0625. The van der Waals surface area contributed by atoms with E-state index in [9.17, 15) is 4.79 Å². The first kappa shape index (κ1) is 12.8. The van der Waals surface area contributed by atoms with Crippen LogP contribution in [0.2, 0.25) is 5.02 Å². The van der Waals surface area contributed by atoms with Crippen LogP contribution in [0, 0.1) is 0 Å². The zero-order valence-electron chi connectivity index (χ0n) is 10.7. The Morgan fingerprint density at radius 1 is 1.10 bits per heavy atom. The van der Waals surface area contributed by atoms with Gasteiger partial charge in [0.25, 0.3) is 5.91 Å². The first-order valence-electron chi connectivity index (χ1n) is 6.33. The second-order valence-electron chi connectivity index (χ2n) is 4.56. The molecule has 1 aromatic heterocycles. The molecule has 0 atom stereocenters. The van der Waals surface area contributed by atoms with Crippen molar-refractivity contribution < 1.29 is 4.79 Å². The molecule has 0 saturated heterocycles. The van der Waals surface area contributed by atoms with E-state index in [0.717, 1.165) is 16.5 Å². The third-order valence-corrected chi connectivity index (χ3v) is 3.45. The number of fused-ring (bicyclic) bond motifs is 1. The predicted molar refractivity (Wildman–Crippen MR) is 80.9 cm³/mol. The molecule has 3 rings (SSSR count). The van der Waals surface area contributed by atoms with Crippen LogP contribution in [0.15, 0.2) is 54.7 Å². The Morgan fingerprint density at radius 3 is 2.65 bits per heavy atom. The third-order valence-electron chi connectivity index (χ3n) is 3.20. The van der Waals surface area contributed by atoms with Gasteiger partial charge in [-0.15, -0.1) is 0 Å². The summed E-state index contributed by atoms with van der Waals surface area (Å²) in [5.74, 6) is -0.0857. The van der Waals surface area contributed by atoms with Crippen molar-refractivity contribution in [3.63, 3.8) is 0 Å². The van der Waals surface area contributed by atoms with Crippen LogP contribution < -0.4 is 5.32 Å². The first-order valence-corrected chi connectivity index (χ1v) is 6.70. The highest BCUT2D eigenvalue weighted by atomic mass is 35.5. The average Bonchev–Trinajstić information content (AvgIpc) is 2.90. The Morgan fingerprint density at radius 2 is 1.85 bits per heavy atom. The summed E-state index contributed by atoms with van der Waals surface area (Å²) >= 11 is 5.83. The van der Waals surface area contributed by atoms with E-state index < -0.39 is 0 Å². The molecule has 0 aliphatic heterocycles. The minimum atomic E-state index is -0.0857. The summed E-state index contributed by atoms with van der Waals surface area (Å²) in [7, 11) is 0. The second-order valence-corrected chi connectivity index (χ2v) is 4.99. The van der Waals surface area contributed by atoms with E-state index in [2.05, 4.69) is 10.3 Å². The van der Waals surface area contributed by atoms with Gasteiger partial charge in [0.05, 0.1) is 5.56 Å². The molecule has 1 heterocycles. The molecule has 0 aliphatic carbocycles. The van der Waals surface area contributed by atoms with Crippen LogP contribution in [0.3, 0.4) is 0 Å². The predicted octanol–water partition coefficient (Wildman–Crippen LogP) is 3.75. The number of benzene rings is 2. The summed E-state index contributed by atoms with van der Waals surface area (Å²) in [6.07, 6.45) is 1.74. The van der Waals surface area contributed by atoms with Gasteiger partial charge in [0.15, 0.2) is 0 Å². The van der Waals surface area contributed by atoms with Gasteiger partial charge >= 0.3 is 0 Å². The summed E-state index contributed by atoms with van der Waals surface area (Å²) in [6.45, 7) is 0.482. The molecular weight excluding hydrogens is 272 g/mol. The molecule has 0 spiro atoms. The molecule has 0 radical (unpaired) electrons. The number of halogens is 1. The monoisotopic (exact) mass is 284 g/mol. The highest BCUT2D eigenvalue weighted by Gasteiger charge is 2.10. The van der Waals surface area contributed by atoms with Crippen molar-refractivity contribution in [2.24, 2.45) is 0 Å². The second kappa shape index (κ2) is 5.39. The lowest BCUT2D eigenvalue weighted by atomic mass is 10.1. The van der Waals surface area contributed by atoms with Crippen molar-refractivity contribution in [2.45, 2.75) is 6.54 Å². The van der Waals surface area contributed by atoms with Crippen LogP contribution in [0.25, 0.3) is 10.9 Å². The summed E-state index contributed by atoms with van der Waals surface area (Å²) in [5, 5.41) is 4.53. The molecule has 4 heteroatoms. The fourth-order valence-electron chi connectivity index (χ4n) is 2.14. The Labute approximate surface area is 121 Å². The van der Waals surface area contributed by atoms with Gasteiger partial charge in [-0.25, -0.2) is 0 Å². The number of aromatic amines is 1. The molecule has 2 N–H and O–H groups in total. The largest absolute Gasteiger partial charge is 0.360 e. The van der Waals surface area contributed by atoms with Crippen LogP contribution in [-0.4, -0.2) is 10.9 Å². The van der Waals surface area contributed by atoms with Crippen LogP contribution in [0.1, 0.15) is 15.9 Å². The molecule has 0 unspecified atom stereocenters. The van der Waals surface area contributed by atoms with Crippen molar-refractivity contribution in [1.82, 2.24) is 10.3 Å². The van der Waals surface area contributed by atoms with Crippen LogP contribution in [0.5, 0.6) is 0 Å². The molecule has 0 bridgehead atoms. The highest BCUT2D eigenvalue weighted by molar-refractivity contribution is 6.30. The molecule has 100 valence electrons. The minimum Gasteiger partial charge on any atom is -0.360 e. The van der Waals surface area contributed by atoms with Crippen LogP contribution >= 0.6 is 11.6 Å². The maximum Gasteiger partial charge on any atom is 0.253 e. The van der Waals surface area contributed by atoms with Gasteiger partial charge in [-0.2, -0.15) is 0 Å². The topological polar surface area (TPSA) is 44.9 Å². The lowest BCUT2D eigenvalue weighted by molar-refractivity contribution is 0.0952. The van der Waals surface area contributed by atoms with Gasteiger partial charge in [-0.3, -0.25) is 4.79 Å². The summed E-state index contributed by atoms with van der Waals surface area (Å²) in [5.41, 5.74) is 2.64. The first-order chi connectivity index (χ1) is 9.74. The Balaban J connectivity index is 1.75. The van der Waals surface area contributed by atoms with Gasteiger partial charge in [-0.05, 0) is 23.8 Å². The third kappa shape index (κ3) is 2.53. The number of H-pyrrole nitrogens is 1. The fourth-order valence-corrected chi connectivity index (χ4v) is 2.27. The lowest BCUT2D eigenvalue weighted by Crippen LogP contribution is -2.22. The molecule has 1 amide bonds. The number of carbonyl (C=O) groups is 1. The highest BCUT2D eigenvalue weighted by Crippen LogP contribution is 2.17. The van der Waals surface area contributed by atoms with Crippen molar-refractivity contribution in [2.75, 3.05) is 0 Å². The van der Waals surface area contributed by atoms with Crippen molar-refractivity contribution >= 4 is 28.4 Å². The number of amides is 1. The van der Waals surface area contributed by atoms with Crippen LogP contribution in [-0.2, 0) is 6.54 Å². The Hall–Kier alpha value is -2.26. The molecule has 0 aliphatic rings. The van der Waals surface area contributed by atoms with Gasteiger partial charge < -0.3 is 10.3 Å². The number of carbonyl (C=O) groups excluding carboxylic acids is 1. The van der Waals surface area contributed by atoms with Gasteiger partial charge in [0.1, 0.15) is 0 Å². The molecule has 0 saturated carbocycles.